The molecule has 0 aromatic heterocycles. The topological polar surface area (TPSA) is 3.24 Å². The van der Waals surface area contributed by atoms with Gasteiger partial charge in [-0.1, -0.05) is 158 Å². The molecular weight excluding hydrogens is 603 g/mol. The van der Waals surface area contributed by atoms with E-state index in [1.807, 2.05) is 0 Å². The average Bonchev–Trinajstić information content (AvgIpc) is 3.20. The average molecular weight is 636 g/mol. The Morgan fingerprint density at radius 1 is 0.340 bits per heavy atom. The Labute approximate surface area is 292 Å². The van der Waals surface area contributed by atoms with Gasteiger partial charge in [-0.15, -0.1) is 0 Å². The molecule has 1 nitrogen and oxygen atoms in total. The van der Waals surface area contributed by atoms with E-state index in [1.54, 1.807) is 0 Å². The highest BCUT2D eigenvalue weighted by Crippen LogP contribution is 2.50. The van der Waals surface area contributed by atoms with Gasteiger partial charge in [-0.3, -0.25) is 0 Å². The van der Waals surface area contributed by atoms with Gasteiger partial charge in [-0.05, 0) is 107 Å². The fourth-order valence-corrected chi connectivity index (χ4v) is 8.24. The van der Waals surface area contributed by atoms with Crippen LogP contribution in [0, 0.1) is 0 Å². The van der Waals surface area contributed by atoms with Crippen LogP contribution in [0.15, 0.2) is 188 Å². The maximum Gasteiger partial charge on any atom is 0.0497 e. The van der Waals surface area contributed by atoms with Crippen LogP contribution in [-0.2, 0) is 6.42 Å². The molecule has 0 radical (unpaired) electrons. The Balaban J connectivity index is 1.29. The minimum atomic E-state index is 0.948. The van der Waals surface area contributed by atoms with E-state index in [0.29, 0.717) is 0 Å². The van der Waals surface area contributed by atoms with Crippen LogP contribution in [0.3, 0.4) is 0 Å². The maximum absolute atomic E-state index is 2.45. The summed E-state index contributed by atoms with van der Waals surface area (Å²) in [7, 11) is 0. The van der Waals surface area contributed by atoms with Crippen molar-refractivity contribution in [1.82, 2.24) is 0 Å². The molecule has 1 aliphatic heterocycles. The summed E-state index contributed by atoms with van der Waals surface area (Å²) in [5, 5.41) is 7.69. The molecule has 0 saturated carbocycles. The molecule has 9 aromatic carbocycles. The maximum atomic E-state index is 2.45. The second-order valence-corrected chi connectivity index (χ2v) is 13.2. The number of rotatable bonds is 4. The molecule has 1 heterocycles. The van der Waals surface area contributed by atoms with Crippen LogP contribution in [0.5, 0.6) is 0 Å². The highest BCUT2D eigenvalue weighted by atomic mass is 15.2. The van der Waals surface area contributed by atoms with E-state index in [4.69, 9.17) is 0 Å². The van der Waals surface area contributed by atoms with Crippen molar-refractivity contribution in [2.24, 2.45) is 0 Å². The summed E-state index contributed by atoms with van der Waals surface area (Å²) in [4.78, 5) is 2.42. The minimum Gasteiger partial charge on any atom is -0.310 e. The van der Waals surface area contributed by atoms with Crippen LogP contribution in [0.25, 0.3) is 65.7 Å². The summed E-state index contributed by atoms with van der Waals surface area (Å²) < 4.78 is 0. The zero-order valence-electron chi connectivity index (χ0n) is 27.6. The first kappa shape index (κ1) is 28.6. The molecule has 0 aliphatic carbocycles. The van der Waals surface area contributed by atoms with Gasteiger partial charge in [-0.2, -0.15) is 0 Å². The summed E-state index contributed by atoms with van der Waals surface area (Å²) in [6.07, 6.45) is 0.948. The second kappa shape index (κ2) is 11.6. The van der Waals surface area contributed by atoms with Crippen LogP contribution in [0.2, 0.25) is 0 Å². The lowest BCUT2D eigenvalue weighted by molar-refractivity contribution is 1.09. The van der Waals surface area contributed by atoms with Crippen molar-refractivity contribution in [3.8, 4) is 33.4 Å². The lowest BCUT2D eigenvalue weighted by atomic mass is 9.81. The smallest absolute Gasteiger partial charge is 0.0497 e. The lowest BCUT2D eigenvalue weighted by Crippen LogP contribution is -2.18. The summed E-state index contributed by atoms with van der Waals surface area (Å²) in [6, 6.07) is 69.0. The summed E-state index contributed by atoms with van der Waals surface area (Å²) in [6.45, 7) is 0. The van der Waals surface area contributed by atoms with Crippen molar-refractivity contribution in [1.29, 1.82) is 0 Å². The predicted molar refractivity (Wildman–Crippen MR) is 213 cm³/mol. The van der Waals surface area contributed by atoms with Gasteiger partial charge in [0.2, 0.25) is 0 Å². The number of para-hydroxylation sites is 2. The van der Waals surface area contributed by atoms with Crippen molar-refractivity contribution in [2.45, 2.75) is 6.42 Å². The van der Waals surface area contributed by atoms with Crippen molar-refractivity contribution in [3.63, 3.8) is 0 Å². The third kappa shape index (κ3) is 4.48. The second-order valence-electron chi connectivity index (χ2n) is 13.2. The van der Waals surface area contributed by atoms with Crippen LogP contribution < -0.4 is 4.90 Å². The Morgan fingerprint density at radius 2 is 0.800 bits per heavy atom. The van der Waals surface area contributed by atoms with Gasteiger partial charge in [-0.25, -0.2) is 0 Å². The van der Waals surface area contributed by atoms with E-state index in [2.05, 4.69) is 193 Å². The van der Waals surface area contributed by atoms with Gasteiger partial charge < -0.3 is 4.90 Å². The molecule has 50 heavy (non-hydrogen) atoms. The molecule has 0 saturated heterocycles. The van der Waals surface area contributed by atoms with Crippen molar-refractivity contribution >= 4 is 49.4 Å². The zero-order valence-corrected chi connectivity index (χ0v) is 27.6. The Morgan fingerprint density at radius 3 is 1.40 bits per heavy atom. The van der Waals surface area contributed by atoms with Gasteiger partial charge in [0.1, 0.15) is 0 Å². The number of fused-ring (bicyclic) bond motifs is 8. The molecule has 1 heteroatoms. The van der Waals surface area contributed by atoms with Crippen LogP contribution in [-0.4, -0.2) is 0 Å². The van der Waals surface area contributed by atoms with Crippen LogP contribution in [0.4, 0.5) is 17.1 Å². The number of nitrogens with zero attached hydrogens (tertiary/aromatic N) is 1. The molecule has 0 unspecified atom stereocenters. The zero-order chi connectivity index (χ0) is 33.0. The van der Waals surface area contributed by atoms with Gasteiger partial charge in [0.25, 0.3) is 0 Å². The third-order valence-electron chi connectivity index (χ3n) is 10.4. The SMILES string of the molecule is c1ccc(-c2cc(-c3ccc(N4c5ccccc5Cc5ccccc54)cc3)c3c4ccccc4c4ccccc4c3c2-c2ccccc2)cc1. The number of benzene rings is 9. The van der Waals surface area contributed by atoms with Crippen molar-refractivity contribution < 1.29 is 0 Å². The molecule has 0 atom stereocenters. The Hall–Kier alpha value is -6.44. The summed E-state index contributed by atoms with van der Waals surface area (Å²) >= 11 is 0. The standard InChI is InChI=1S/C49H33N/c1-3-15-33(16-4-1)43-32-44(34-27-29-38(30-28-34)50-45-25-13-7-19-36(45)31-37-20-8-14-26-46(37)50)48-41-23-11-9-21-39(41)40-22-10-12-24-42(40)49(48)47(43)35-17-5-2-6-18-35/h1-30,32H,31H2. The lowest BCUT2D eigenvalue weighted by Gasteiger charge is -2.33. The first-order chi connectivity index (χ1) is 24.8. The quantitative estimate of drug-likeness (QED) is 0.174. The molecule has 0 N–H and O–H groups in total. The Kier molecular flexibility index (Phi) is 6.63. The van der Waals surface area contributed by atoms with Crippen LogP contribution >= 0.6 is 0 Å². The predicted octanol–water partition coefficient (Wildman–Crippen LogP) is 13.5. The molecule has 234 valence electrons. The molecular formula is C49H33N. The van der Waals surface area contributed by atoms with E-state index in [0.717, 1.165) is 12.1 Å². The van der Waals surface area contributed by atoms with E-state index in [1.165, 1.54) is 88.2 Å². The monoisotopic (exact) mass is 635 g/mol. The third-order valence-corrected chi connectivity index (χ3v) is 10.4. The van der Waals surface area contributed by atoms with Crippen molar-refractivity contribution in [2.75, 3.05) is 4.90 Å². The number of anilines is 3. The molecule has 1 aliphatic rings. The molecule has 0 spiro atoms. The molecule has 9 aromatic rings. The van der Waals surface area contributed by atoms with Crippen LogP contribution in [0.1, 0.15) is 11.1 Å². The van der Waals surface area contributed by atoms with E-state index in [9.17, 15) is 0 Å². The highest BCUT2D eigenvalue weighted by molar-refractivity contribution is 6.32. The first-order valence-corrected chi connectivity index (χ1v) is 17.4. The summed E-state index contributed by atoms with van der Waals surface area (Å²) in [5.41, 5.74) is 13.8. The van der Waals surface area contributed by atoms with Gasteiger partial charge >= 0.3 is 0 Å². The molecule has 10 rings (SSSR count). The number of hydrogen-bond acceptors (Lipinski definition) is 1. The molecule has 0 bridgehead atoms. The first-order valence-electron chi connectivity index (χ1n) is 17.4. The highest BCUT2D eigenvalue weighted by Gasteiger charge is 2.25. The Bertz CT molecular complexity index is 2660. The normalized spacial score (nSPS) is 12.3. The molecule has 0 amide bonds. The van der Waals surface area contributed by atoms with E-state index < -0.39 is 0 Å². The van der Waals surface area contributed by atoms with Crippen molar-refractivity contribution in [3.05, 3.63) is 199 Å². The summed E-state index contributed by atoms with van der Waals surface area (Å²) in [5.74, 6) is 0. The fraction of sp³-hybridized carbons (Fsp3) is 0.0204. The minimum absolute atomic E-state index is 0.948. The van der Waals surface area contributed by atoms with Gasteiger partial charge in [0, 0.05) is 23.5 Å². The van der Waals surface area contributed by atoms with Gasteiger partial charge in [0.15, 0.2) is 0 Å². The number of hydrogen-bond donors (Lipinski definition) is 0. The van der Waals surface area contributed by atoms with E-state index in [-0.39, 0.29) is 0 Å². The largest absolute Gasteiger partial charge is 0.310 e. The molecule has 0 fully saturated rings. The van der Waals surface area contributed by atoms with Gasteiger partial charge in [0.05, 0.1) is 0 Å². The van der Waals surface area contributed by atoms with E-state index >= 15 is 0 Å². The fourth-order valence-electron chi connectivity index (χ4n) is 8.24.